The van der Waals surface area contributed by atoms with Gasteiger partial charge in [-0.3, -0.25) is 4.52 Å². The van der Waals surface area contributed by atoms with E-state index in [2.05, 4.69) is 4.52 Å². The summed E-state index contributed by atoms with van der Waals surface area (Å²) in [5, 5.41) is 8.56. The summed E-state index contributed by atoms with van der Waals surface area (Å²) in [6.45, 7) is 0. The van der Waals surface area contributed by atoms with Gasteiger partial charge in [-0.2, -0.15) is 0 Å². The van der Waals surface area contributed by atoms with Gasteiger partial charge in [-0.1, -0.05) is 34.8 Å². The maximum Gasteiger partial charge on any atom is 0.330 e. The fraction of sp³-hybridized carbons (Fsp3) is 1.00. The van der Waals surface area contributed by atoms with Crippen molar-refractivity contribution in [3.8, 4) is 0 Å². The van der Waals surface area contributed by atoms with Gasteiger partial charge in [0.1, 0.15) is 0 Å². The van der Waals surface area contributed by atoms with Crippen LogP contribution in [-0.2, 0) is 9.09 Å². The molecule has 0 aromatic rings. The van der Waals surface area contributed by atoms with E-state index in [-0.39, 0.29) is 0 Å². The van der Waals surface area contributed by atoms with E-state index in [1.807, 2.05) is 0 Å². The Bertz CT molecular complexity index is 102. The van der Waals surface area contributed by atoms with Crippen molar-refractivity contribution in [3.63, 3.8) is 0 Å². The highest BCUT2D eigenvalue weighted by Gasteiger charge is 2.32. The molecule has 9 heavy (non-hydrogen) atoms. The van der Waals surface area contributed by atoms with Crippen LogP contribution in [0.25, 0.3) is 0 Å². The van der Waals surface area contributed by atoms with Gasteiger partial charge < -0.3 is 5.11 Å². The first-order valence-corrected chi connectivity index (χ1v) is 3.58. The molecule has 3 nitrogen and oxygen atoms in total. The number of hydrogen-bond donors (Lipinski definition) is 1. The Hall–Kier alpha value is 0.890. The minimum Gasteiger partial charge on any atom is -0.364 e. The van der Waals surface area contributed by atoms with Crippen molar-refractivity contribution in [3.05, 3.63) is 0 Å². The van der Waals surface area contributed by atoms with E-state index < -0.39 is 18.8 Å². The van der Waals surface area contributed by atoms with E-state index >= 15 is 0 Å². The zero-order valence-corrected chi connectivity index (χ0v) is 7.08. The van der Waals surface area contributed by atoms with Gasteiger partial charge in [0.15, 0.2) is 0 Å². The first-order valence-electron chi connectivity index (χ1n) is 1.71. The van der Waals surface area contributed by atoms with Crippen LogP contribution in [0.2, 0.25) is 0 Å². The minimum atomic E-state index is -1.95. The minimum absolute atomic E-state index is 0.729. The summed E-state index contributed by atoms with van der Waals surface area (Å²) in [5.41, 5.74) is 0. The number of aliphatic hydroxyl groups is 1. The van der Waals surface area contributed by atoms with Crippen LogP contribution in [0.4, 0.5) is 0 Å². The molecule has 54 valence electrons. The standard InChI is InChI=1S/C2H2Cl3O3P/c3-2(4,5)1(6)8-9-7/h1,6H. The Morgan fingerprint density at radius 1 is 1.56 bits per heavy atom. The van der Waals surface area contributed by atoms with E-state index in [1.54, 1.807) is 0 Å². The molecule has 0 aliphatic carbocycles. The van der Waals surface area contributed by atoms with Gasteiger partial charge in [0.25, 0.3) is 0 Å². The fourth-order valence-corrected chi connectivity index (χ4v) is 0.660. The third-order valence-electron chi connectivity index (χ3n) is 0.423. The smallest absolute Gasteiger partial charge is 0.330 e. The van der Waals surface area contributed by atoms with E-state index in [9.17, 15) is 4.57 Å². The highest BCUT2D eigenvalue weighted by molar-refractivity contribution is 7.17. The van der Waals surface area contributed by atoms with Crippen molar-refractivity contribution < 1.29 is 14.2 Å². The molecule has 0 saturated carbocycles. The van der Waals surface area contributed by atoms with Crippen molar-refractivity contribution in [1.82, 2.24) is 0 Å². The van der Waals surface area contributed by atoms with E-state index in [4.69, 9.17) is 39.9 Å². The molecular formula is C2H2Cl3O3P. The summed E-state index contributed by atoms with van der Waals surface area (Å²) in [6.07, 6.45) is -1.67. The average molecular weight is 211 g/mol. The molecule has 7 heteroatoms. The average Bonchev–Trinajstić information content (AvgIpc) is 1.64. The molecule has 0 aromatic heterocycles. The van der Waals surface area contributed by atoms with Crippen LogP contribution >= 0.6 is 43.5 Å². The van der Waals surface area contributed by atoms with Crippen molar-refractivity contribution >= 4 is 43.5 Å². The number of alkyl halides is 3. The predicted octanol–water partition coefficient (Wildman–Crippen LogP) is 1.90. The first kappa shape index (κ1) is 9.89. The van der Waals surface area contributed by atoms with Gasteiger partial charge in [-0.25, -0.2) is 4.57 Å². The van der Waals surface area contributed by atoms with E-state index in [0.29, 0.717) is 0 Å². The lowest BCUT2D eigenvalue weighted by molar-refractivity contribution is -0.00306. The van der Waals surface area contributed by atoms with Crippen LogP contribution in [0.1, 0.15) is 0 Å². The Labute approximate surface area is 68.1 Å². The van der Waals surface area contributed by atoms with E-state index in [0.717, 1.165) is 0 Å². The largest absolute Gasteiger partial charge is 0.364 e. The molecule has 0 aliphatic rings. The molecule has 0 heterocycles. The maximum atomic E-state index is 9.60. The molecule has 0 rings (SSSR count). The van der Waals surface area contributed by atoms with Crippen molar-refractivity contribution in [2.45, 2.75) is 10.1 Å². The van der Waals surface area contributed by atoms with Crippen LogP contribution in [0.15, 0.2) is 0 Å². The zero-order valence-electron chi connectivity index (χ0n) is 3.92. The molecule has 0 bridgehead atoms. The lowest BCUT2D eigenvalue weighted by Crippen LogP contribution is -2.24. The molecule has 1 unspecified atom stereocenters. The highest BCUT2D eigenvalue weighted by Crippen LogP contribution is 2.32. The third-order valence-corrected chi connectivity index (χ3v) is 1.27. The number of halogens is 3. The third kappa shape index (κ3) is 4.31. The van der Waals surface area contributed by atoms with Gasteiger partial charge in [-0.05, 0) is 0 Å². The Morgan fingerprint density at radius 2 is 2.00 bits per heavy atom. The molecular weight excluding hydrogens is 209 g/mol. The Morgan fingerprint density at radius 3 is 2.11 bits per heavy atom. The number of hydrogen-bond acceptors (Lipinski definition) is 3. The van der Waals surface area contributed by atoms with Crippen molar-refractivity contribution in [2.75, 3.05) is 0 Å². The first-order chi connectivity index (χ1) is 3.98. The lowest BCUT2D eigenvalue weighted by Gasteiger charge is -2.14. The Balaban J connectivity index is 3.72. The van der Waals surface area contributed by atoms with Gasteiger partial charge in [0.05, 0.1) is 0 Å². The second-order valence-electron chi connectivity index (χ2n) is 1.07. The number of aliphatic hydroxyl groups excluding tert-OH is 1. The fourth-order valence-electron chi connectivity index (χ4n) is 0.101. The van der Waals surface area contributed by atoms with E-state index in [1.165, 1.54) is 0 Å². The second kappa shape index (κ2) is 3.91. The second-order valence-corrected chi connectivity index (χ2v) is 3.80. The highest BCUT2D eigenvalue weighted by atomic mass is 35.6. The van der Waals surface area contributed by atoms with Crippen molar-refractivity contribution in [2.24, 2.45) is 0 Å². The normalized spacial score (nSPS) is 16.0. The quantitative estimate of drug-likeness (QED) is 0.431. The van der Waals surface area contributed by atoms with Gasteiger partial charge in [0, 0.05) is 0 Å². The van der Waals surface area contributed by atoms with Gasteiger partial charge in [0.2, 0.25) is 10.1 Å². The van der Waals surface area contributed by atoms with Crippen LogP contribution in [0.5, 0.6) is 0 Å². The monoisotopic (exact) mass is 210 g/mol. The van der Waals surface area contributed by atoms with Crippen LogP contribution < -0.4 is 0 Å². The van der Waals surface area contributed by atoms with Crippen LogP contribution in [0.3, 0.4) is 0 Å². The summed E-state index contributed by atoms with van der Waals surface area (Å²) in [5.74, 6) is 0. The molecule has 0 fully saturated rings. The molecule has 0 saturated heterocycles. The molecule has 0 spiro atoms. The van der Waals surface area contributed by atoms with Crippen molar-refractivity contribution in [1.29, 1.82) is 0 Å². The molecule has 0 aromatic carbocycles. The molecule has 0 amide bonds. The number of rotatable bonds is 2. The summed E-state index contributed by atoms with van der Waals surface area (Å²) < 4.78 is 11.6. The predicted molar refractivity (Wildman–Crippen MR) is 35.0 cm³/mol. The maximum absolute atomic E-state index is 9.60. The molecule has 0 aliphatic heterocycles. The molecule has 1 atom stereocenters. The van der Waals surface area contributed by atoms with Crippen LogP contribution in [-0.4, -0.2) is 15.2 Å². The summed E-state index contributed by atoms with van der Waals surface area (Å²) in [7, 11) is -0.729. The summed E-state index contributed by atoms with van der Waals surface area (Å²) in [4.78, 5) is 0. The Kier molecular flexibility index (Phi) is 4.30. The molecule has 1 N–H and O–H groups in total. The molecule has 0 radical (unpaired) electrons. The van der Waals surface area contributed by atoms with Crippen LogP contribution in [0, 0.1) is 0 Å². The van der Waals surface area contributed by atoms with Gasteiger partial charge in [-0.15, -0.1) is 0 Å². The zero-order chi connectivity index (χ0) is 7.49. The summed E-state index contributed by atoms with van der Waals surface area (Å²) in [6, 6.07) is 0. The SMILES string of the molecule is O=POC(O)C(Cl)(Cl)Cl. The topological polar surface area (TPSA) is 46.5 Å². The summed E-state index contributed by atoms with van der Waals surface area (Å²) >= 11 is 15.2. The van der Waals surface area contributed by atoms with Gasteiger partial charge >= 0.3 is 8.69 Å². The lowest BCUT2D eigenvalue weighted by atomic mass is 10.8.